The maximum atomic E-state index is 11.9. The average molecular weight is 808 g/mol. The fourth-order valence-corrected chi connectivity index (χ4v) is 7.06. The van der Waals surface area contributed by atoms with Gasteiger partial charge in [0.2, 0.25) is 0 Å². The number of carbonyl (C=O) groups excluding carboxylic acids is 2. The lowest BCUT2D eigenvalue weighted by Gasteiger charge is -2.13. The van der Waals surface area contributed by atoms with Gasteiger partial charge < -0.3 is 23.0 Å². The van der Waals surface area contributed by atoms with Crippen molar-refractivity contribution in [3.05, 3.63) is 131 Å². The second-order valence-corrected chi connectivity index (χ2v) is 19.9. The normalized spacial score (nSPS) is 14.0. The number of rotatable bonds is 0. The molecule has 0 fully saturated rings. The number of hydrogen-bond acceptors (Lipinski definition) is 8. The molecule has 10 rings (SSSR count). The Bertz CT molecular complexity index is 2700. The van der Waals surface area contributed by atoms with Crippen LogP contribution in [-0.2, 0) is 34.6 Å². The summed E-state index contributed by atoms with van der Waals surface area (Å²) >= 11 is 0. The number of amides is 1. The van der Waals surface area contributed by atoms with Crippen molar-refractivity contribution in [3.63, 3.8) is 0 Å². The Morgan fingerprint density at radius 1 is 0.550 bits per heavy atom. The molecule has 1 amide bonds. The van der Waals surface area contributed by atoms with Crippen LogP contribution in [0.3, 0.4) is 0 Å². The van der Waals surface area contributed by atoms with Crippen LogP contribution in [0.15, 0.2) is 103 Å². The number of pyridine rings is 2. The lowest BCUT2D eigenvalue weighted by Crippen LogP contribution is -2.12. The Labute approximate surface area is 351 Å². The van der Waals surface area contributed by atoms with Crippen molar-refractivity contribution < 1.29 is 27.3 Å². The van der Waals surface area contributed by atoms with Gasteiger partial charge in [0.15, 0.2) is 11.4 Å². The second kappa shape index (κ2) is 15.6. The van der Waals surface area contributed by atoms with E-state index in [1.807, 2.05) is 60.8 Å². The monoisotopic (exact) mass is 807 g/mol. The van der Waals surface area contributed by atoms with Gasteiger partial charge in [-0.15, -0.1) is 0 Å². The maximum absolute atomic E-state index is 11.9. The van der Waals surface area contributed by atoms with Crippen molar-refractivity contribution in [3.8, 4) is 0 Å². The van der Waals surface area contributed by atoms with Crippen molar-refractivity contribution in [2.24, 2.45) is 0 Å². The number of benzene rings is 2. The third-order valence-corrected chi connectivity index (χ3v) is 10.7. The summed E-state index contributed by atoms with van der Waals surface area (Å²) in [6.45, 7) is 26.1. The number of fused-ring (bicyclic) bond motifs is 7. The number of ketones is 1. The number of nitrogens with one attached hydrogen (secondary N) is 1. The lowest BCUT2D eigenvalue weighted by molar-refractivity contribution is 0.0963. The third-order valence-electron chi connectivity index (χ3n) is 10.7. The molecule has 6 aromatic heterocycles. The lowest BCUT2D eigenvalue weighted by atomic mass is 9.93. The summed E-state index contributed by atoms with van der Waals surface area (Å²) in [6.07, 6.45) is 6.88. The highest BCUT2D eigenvalue weighted by atomic mass is 16.3. The Balaban J connectivity index is 0.000000122. The number of hydrogen-bond donors (Lipinski definition) is 1. The molecule has 0 bridgehead atoms. The molecular weight excluding hydrogens is 751 g/mol. The smallest absolute Gasteiger partial charge is 0.252 e. The van der Waals surface area contributed by atoms with Gasteiger partial charge in [-0.3, -0.25) is 19.6 Å². The standard InChI is InChI=1S/C15H16O2.C14H15NO2.2C11H13NO/c1-15(2,3)13-8-10-12(17-13)7-5-9-4-6-11(16)14(9)10;1-14(2,3)12-5-8-4-9-7-15-13(16)10(9)6-11(8)17-12;1-11(2,3)10-6-8-7-12-5-4-9(8)13-10;1-11(2,3)10-7-8-9(13-10)5-4-6-12-8/h5,7-8H,4,6H2,1-3H3;4-6H,7H2,1-3H3,(H,15,16);2*4-7H,1-3H3. The maximum Gasteiger partial charge on any atom is 0.252 e. The van der Waals surface area contributed by atoms with E-state index in [1.165, 1.54) is 5.56 Å². The second-order valence-electron chi connectivity index (χ2n) is 19.9. The van der Waals surface area contributed by atoms with E-state index in [2.05, 4.69) is 111 Å². The SMILES string of the molecule is CC(C)(C)c1cc2c3c(ccc2o1)CCC3=O.CC(C)(C)c1cc2cc3c(cc2o1)C(=O)NC3.CC(C)(C)c1cc2cnccc2o1.CC(C)(C)c1cc2ncccc2o1. The van der Waals surface area contributed by atoms with Gasteiger partial charge in [-0.25, -0.2) is 0 Å². The van der Waals surface area contributed by atoms with Crippen molar-refractivity contribution in [1.29, 1.82) is 0 Å². The van der Waals surface area contributed by atoms with Gasteiger partial charge in [-0.1, -0.05) is 89.2 Å². The minimum atomic E-state index is -0.0203. The van der Waals surface area contributed by atoms with Crippen LogP contribution in [0.25, 0.3) is 44.0 Å². The topological polar surface area (TPSA) is 125 Å². The first-order valence-corrected chi connectivity index (χ1v) is 20.7. The first kappa shape index (κ1) is 42.2. The van der Waals surface area contributed by atoms with Crippen molar-refractivity contribution in [1.82, 2.24) is 15.3 Å². The summed E-state index contributed by atoms with van der Waals surface area (Å²) in [6, 6.07) is 21.8. The summed E-state index contributed by atoms with van der Waals surface area (Å²) in [4.78, 5) is 31.7. The molecule has 0 spiro atoms. The minimum Gasteiger partial charge on any atom is -0.460 e. The molecule has 9 nitrogen and oxygen atoms in total. The van der Waals surface area contributed by atoms with E-state index >= 15 is 0 Å². The Morgan fingerprint density at radius 2 is 1.15 bits per heavy atom. The van der Waals surface area contributed by atoms with Gasteiger partial charge in [-0.2, -0.15) is 0 Å². The molecule has 7 heterocycles. The average Bonchev–Trinajstić information content (AvgIpc) is 4.02. The van der Waals surface area contributed by atoms with Crippen LogP contribution < -0.4 is 5.32 Å². The molecular formula is C51H57N3O6. The fourth-order valence-electron chi connectivity index (χ4n) is 7.06. The molecule has 1 aliphatic carbocycles. The molecule has 60 heavy (non-hydrogen) atoms. The number of aromatic nitrogens is 2. The molecule has 0 atom stereocenters. The molecule has 0 unspecified atom stereocenters. The Morgan fingerprint density at radius 3 is 1.80 bits per heavy atom. The number of aryl methyl sites for hydroxylation is 1. The molecule has 312 valence electrons. The Kier molecular flexibility index (Phi) is 10.9. The van der Waals surface area contributed by atoms with Crippen LogP contribution in [-0.4, -0.2) is 21.7 Å². The van der Waals surface area contributed by atoms with E-state index in [-0.39, 0.29) is 33.4 Å². The highest BCUT2D eigenvalue weighted by Gasteiger charge is 2.27. The van der Waals surface area contributed by atoms with Gasteiger partial charge in [0.25, 0.3) is 5.91 Å². The van der Waals surface area contributed by atoms with Gasteiger partial charge >= 0.3 is 0 Å². The van der Waals surface area contributed by atoms with Gasteiger partial charge in [0.1, 0.15) is 45.3 Å². The van der Waals surface area contributed by atoms with Gasteiger partial charge in [0, 0.05) is 86.6 Å². The summed E-state index contributed by atoms with van der Waals surface area (Å²) < 4.78 is 23.0. The first-order chi connectivity index (χ1) is 28.1. The van der Waals surface area contributed by atoms with Crippen LogP contribution in [0.1, 0.15) is 144 Å². The van der Waals surface area contributed by atoms with Crippen LogP contribution in [0.4, 0.5) is 0 Å². The minimum absolute atomic E-state index is 0.00407. The Hall–Kier alpha value is -5.96. The van der Waals surface area contributed by atoms with Crippen molar-refractivity contribution in [2.45, 2.75) is 124 Å². The molecule has 8 aromatic rings. The number of Topliss-reactive ketones (excluding diaryl/α,β-unsaturated/α-hetero) is 1. The fraction of sp³-hybridized carbons (Fsp3) is 0.373. The van der Waals surface area contributed by atoms with E-state index in [4.69, 9.17) is 17.7 Å². The quantitative estimate of drug-likeness (QED) is 0.161. The molecule has 0 saturated carbocycles. The molecule has 2 aliphatic rings. The summed E-state index contributed by atoms with van der Waals surface area (Å²) in [5.41, 5.74) is 8.31. The van der Waals surface area contributed by atoms with E-state index in [9.17, 15) is 9.59 Å². The van der Waals surface area contributed by atoms with E-state index in [1.54, 1.807) is 12.4 Å². The highest BCUT2D eigenvalue weighted by molar-refractivity contribution is 6.10. The van der Waals surface area contributed by atoms with E-state index in [0.29, 0.717) is 13.0 Å². The van der Waals surface area contributed by atoms with Crippen LogP contribution in [0.5, 0.6) is 0 Å². The zero-order valence-corrected chi connectivity index (χ0v) is 37.0. The molecule has 1 N–H and O–H groups in total. The van der Waals surface area contributed by atoms with Crippen molar-refractivity contribution >= 4 is 55.7 Å². The summed E-state index contributed by atoms with van der Waals surface area (Å²) in [5, 5.41) is 5.96. The summed E-state index contributed by atoms with van der Waals surface area (Å²) in [5.74, 6) is 4.15. The molecule has 1 aliphatic heterocycles. The van der Waals surface area contributed by atoms with Crippen LogP contribution >= 0.6 is 0 Å². The van der Waals surface area contributed by atoms with Crippen LogP contribution in [0.2, 0.25) is 0 Å². The molecule has 2 aromatic carbocycles. The van der Waals surface area contributed by atoms with E-state index < -0.39 is 0 Å². The number of furan rings is 4. The van der Waals surface area contributed by atoms with E-state index in [0.717, 1.165) is 90.2 Å². The molecule has 9 heteroatoms. The zero-order chi connectivity index (χ0) is 43.4. The van der Waals surface area contributed by atoms with Gasteiger partial charge in [0.05, 0.1) is 0 Å². The van der Waals surface area contributed by atoms with Crippen molar-refractivity contribution in [2.75, 3.05) is 0 Å². The molecule has 0 saturated heterocycles. The molecule has 0 radical (unpaired) electrons. The predicted molar refractivity (Wildman–Crippen MR) is 239 cm³/mol. The number of nitrogens with zero attached hydrogens (tertiary/aromatic N) is 2. The van der Waals surface area contributed by atoms with Gasteiger partial charge in [-0.05, 0) is 72.1 Å². The third kappa shape index (κ3) is 8.96. The largest absolute Gasteiger partial charge is 0.460 e. The van der Waals surface area contributed by atoms with Crippen LogP contribution in [0, 0.1) is 0 Å². The summed E-state index contributed by atoms with van der Waals surface area (Å²) in [7, 11) is 0. The zero-order valence-electron chi connectivity index (χ0n) is 37.0. The first-order valence-electron chi connectivity index (χ1n) is 20.7. The predicted octanol–water partition coefficient (Wildman–Crippen LogP) is 13.1. The number of carbonyl (C=O) groups is 2. The highest BCUT2D eigenvalue weighted by Crippen LogP contribution is 2.36.